The molecular weight excluding hydrogens is 428 g/mol. The number of hydrogen-bond donors (Lipinski definition) is 0. The molecule has 0 saturated heterocycles. The molecule has 0 saturated carbocycles. The summed E-state index contributed by atoms with van der Waals surface area (Å²) in [4.78, 5) is 31.3. The number of hydrogen-bond acceptors (Lipinski definition) is 7. The van der Waals surface area contributed by atoms with E-state index in [1.807, 2.05) is 42.5 Å². The number of rotatable bonds is 5. The van der Waals surface area contributed by atoms with E-state index in [1.165, 1.54) is 25.6 Å². The third kappa shape index (κ3) is 3.73. The SMILES string of the molecule is COC(=O)C1=C(C)N=c2s/c(=C/c3ccccc3)c(=O)n2[C@@H]1c1ccc(OC)c(OC)c1. The number of ether oxygens (including phenoxy) is 3. The number of aromatic nitrogens is 1. The lowest BCUT2D eigenvalue weighted by molar-refractivity contribution is -0.136. The Hall–Kier alpha value is -3.65. The highest BCUT2D eigenvalue weighted by atomic mass is 32.1. The van der Waals surface area contributed by atoms with E-state index in [9.17, 15) is 9.59 Å². The van der Waals surface area contributed by atoms with Gasteiger partial charge in [-0.25, -0.2) is 9.79 Å². The molecule has 32 heavy (non-hydrogen) atoms. The second-order valence-electron chi connectivity index (χ2n) is 7.10. The zero-order valence-electron chi connectivity index (χ0n) is 18.1. The number of benzene rings is 2. The molecule has 2 heterocycles. The van der Waals surface area contributed by atoms with Crippen LogP contribution in [0.2, 0.25) is 0 Å². The van der Waals surface area contributed by atoms with Gasteiger partial charge in [-0.3, -0.25) is 9.36 Å². The van der Waals surface area contributed by atoms with Crippen molar-refractivity contribution < 1.29 is 19.0 Å². The molecule has 0 N–H and O–H groups in total. The number of thiazole rings is 1. The van der Waals surface area contributed by atoms with Gasteiger partial charge in [0.2, 0.25) is 0 Å². The number of esters is 1. The van der Waals surface area contributed by atoms with Crippen LogP contribution in [0.25, 0.3) is 6.08 Å². The molecule has 0 radical (unpaired) electrons. The Balaban J connectivity index is 1.99. The van der Waals surface area contributed by atoms with Crippen LogP contribution >= 0.6 is 11.3 Å². The van der Waals surface area contributed by atoms with Crippen molar-refractivity contribution in [2.24, 2.45) is 4.99 Å². The first-order valence-corrected chi connectivity index (χ1v) is 10.7. The summed E-state index contributed by atoms with van der Waals surface area (Å²) in [5.74, 6) is 0.506. The van der Waals surface area contributed by atoms with Crippen molar-refractivity contribution >= 4 is 23.4 Å². The molecule has 7 nitrogen and oxygen atoms in total. The first kappa shape index (κ1) is 21.6. The minimum absolute atomic E-state index is 0.230. The number of allylic oxidation sites excluding steroid dienone is 1. The van der Waals surface area contributed by atoms with Crippen LogP contribution in [-0.4, -0.2) is 31.9 Å². The van der Waals surface area contributed by atoms with Gasteiger partial charge in [-0.2, -0.15) is 0 Å². The Kier molecular flexibility index (Phi) is 5.96. The smallest absolute Gasteiger partial charge is 0.338 e. The fourth-order valence-corrected chi connectivity index (χ4v) is 4.78. The third-order valence-corrected chi connectivity index (χ3v) is 6.23. The zero-order chi connectivity index (χ0) is 22.8. The van der Waals surface area contributed by atoms with Gasteiger partial charge in [0.15, 0.2) is 16.3 Å². The van der Waals surface area contributed by atoms with Gasteiger partial charge in [0, 0.05) is 0 Å². The van der Waals surface area contributed by atoms with Crippen LogP contribution in [0.1, 0.15) is 24.1 Å². The summed E-state index contributed by atoms with van der Waals surface area (Å²) in [6.45, 7) is 1.74. The number of nitrogens with zero attached hydrogens (tertiary/aromatic N) is 2. The van der Waals surface area contributed by atoms with E-state index in [4.69, 9.17) is 14.2 Å². The predicted molar refractivity (Wildman–Crippen MR) is 122 cm³/mol. The Morgan fingerprint density at radius 2 is 1.78 bits per heavy atom. The second-order valence-corrected chi connectivity index (χ2v) is 8.11. The van der Waals surface area contributed by atoms with E-state index >= 15 is 0 Å². The molecule has 1 aromatic heterocycles. The summed E-state index contributed by atoms with van der Waals surface area (Å²) in [7, 11) is 4.40. The molecule has 4 rings (SSSR count). The Labute approximate surface area is 188 Å². The first-order chi connectivity index (χ1) is 15.5. The van der Waals surface area contributed by atoms with Crippen LogP contribution in [0.4, 0.5) is 0 Å². The highest BCUT2D eigenvalue weighted by Crippen LogP contribution is 2.35. The van der Waals surface area contributed by atoms with E-state index < -0.39 is 12.0 Å². The topological polar surface area (TPSA) is 79.1 Å². The van der Waals surface area contributed by atoms with Crippen molar-refractivity contribution in [2.45, 2.75) is 13.0 Å². The maximum absolute atomic E-state index is 13.5. The van der Waals surface area contributed by atoms with Gasteiger partial charge < -0.3 is 14.2 Å². The van der Waals surface area contributed by atoms with Crippen molar-refractivity contribution in [3.8, 4) is 11.5 Å². The Bertz CT molecular complexity index is 1390. The van der Waals surface area contributed by atoms with Gasteiger partial charge in [-0.05, 0) is 36.3 Å². The average Bonchev–Trinajstić information content (AvgIpc) is 3.12. The highest BCUT2D eigenvalue weighted by molar-refractivity contribution is 7.07. The number of carbonyl (C=O) groups is 1. The minimum Gasteiger partial charge on any atom is -0.493 e. The molecule has 0 unspecified atom stereocenters. The van der Waals surface area contributed by atoms with Crippen LogP contribution < -0.4 is 24.4 Å². The fraction of sp³-hybridized carbons (Fsp3) is 0.208. The van der Waals surface area contributed by atoms with E-state index in [0.29, 0.717) is 37.7 Å². The van der Waals surface area contributed by atoms with Crippen LogP contribution in [0.5, 0.6) is 11.5 Å². The van der Waals surface area contributed by atoms with Crippen molar-refractivity contribution in [3.63, 3.8) is 0 Å². The molecule has 1 atom stereocenters. The molecule has 0 spiro atoms. The van der Waals surface area contributed by atoms with Crippen LogP contribution in [0.3, 0.4) is 0 Å². The first-order valence-electron chi connectivity index (χ1n) is 9.86. The molecule has 0 bridgehead atoms. The fourth-order valence-electron chi connectivity index (χ4n) is 3.73. The lowest BCUT2D eigenvalue weighted by Gasteiger charge is -2.25. The van der Waals surface area contributed by atoms with E-state index in [2.05, 4.69) is 4.99 Å². The maximum atomic E-state index is 13.5. The molecule has 164 valence electrons. The van der Waals surface area contributed by atoms with E-state index in [-0.39, 0.29) is 5.56 Å². The molecular formula is C24H22N2O5S. The maximum Gasteiger partial charge on any atom is 0.338 e. The number of methoxy groups -OCH3 is 3. The number of fused-ring (bicyclic) bond motifs is 1. The van der Waals surface area contributed by atoms with Crippen molar-refractivity contribution in [1.82, 2.24) is 4.57 Å². The van der Waals surface area contributed by atoms with Crippen molar-refractivity contribution in [3.05, 3.63) is 90.6 Å². The summed E-state index contributed by atoms with van der Waals surface area (Å²) in [5.41, 5.74) is 2.17. The van der Waals surface area contributed by atoms with Gasteiger partial charge in [0.25, 0.3) is 5.56 Å². The van der Waals surface area contributed by atoms with Gasteiger partial charge in [0.05, 0.1) is 43.2 Å². The van der Waals surface area contributed by atoms with Crippen molar-refractivity contribution in [2.75, 3.05) is 21.3 Å². The summed E-state index contributed by atoms with van der Waals surface area (Å²) in [6, 6.07) is 14.2. The second kappa shape index (κ2) is 8.84. The summed E-state index contributed by atoms with van der Waals surface area (Å²) < 4.78 is 17.9. The molecule has 1 aliphatic heterocycles. The third-order valence-electron chi connectivity index (χ3n) is 5.25. The summed E-state index contributed by atoms with van der Waals surface area (Å²) in [6.07, 6.45) is 1.83. The lowest BCUT2D eigenvalue weighted by atomic mass is 9.95. The van der Waals surface area contributed by atoms with Gasteiger partial charge >= 0.3 is 5.97 Å². The largest absolute Gasteiger partial charge is 0.493 e. The normalized spacial score (nSPS) is 15.8. The van der Waals surface area contributed by atoms with Crippen molar-refractivity contribution in [1.29, 1.82) is 0 Å². The van der Waals surface area contributed by atoms with E-state index in [0.717, 1.165) is 5.56 Å². The molecule has 8 heteroatoms. The highest BCUT2D eigenvalue weighted by Gasteiger charge is 2.33. The summed E-state index contributed by atoms with van der Waals surface area (Å²) >= 11 is 1.28. The Morgan fingerprint density at radius 1 is 1.06 bits per heavy atom. The van der Waals surface area contributed by atoms with E-state index in [1.54, 1.807) is 30.7 Å². The predicted octanol–water partition coefficient (Wildman–Crippen LogP) is 2.43. The van der Waals surface area contributed by atoms with Gasteiger partial charge in [-0.1, -0.05) is 47.7 Å². The Morgan fingerprint density at radius 3 is 2.44 bits per heavy atom. The zero-order valence-corrected chi connectivity index (χ0v) is 18.9. The average molecular weight is 451 g/mol. The molecule has 0 fully saturated rings. The molecule has 2 aromatic carbocycles. The van der Waals surface area contributed by atoms with Gasteiger partial charge in [0.1, 0.15) is 0 Å². The molecule has 0 amide bonds. The van der Waals surface area contributed by atoms with Crippen LogP contribution in [-0.2, 0) is 9.53 Å². The van der Waals surface area contributed by atoms with Crippen LogP contribution in [0.15, 0.2) is 69.6 Å². The molecule has 3 aromatic rings. The monoisotopic (exact) mass is 450 g/mol. The molecule has 1 aliphatic rings. The molecule has 0 aliphatic carbocycles. The number of carbonyl (C=O) groups excluding carboxylic acids is 1. The minimum atomic E-state index is -0.712. The quantitative estimate of drug-likeness (QED) is 0.558. The lowest BCUT2D eigenvalue weighted by Crippen LogP contribution is -2.39. The van der Waals surface area contributed by atoms with Gasteiger partial charge in [-0.15, -0.1) is 0 Å². The van der Waals surface area contributed by atoms with Crippen LogP contribution in [0, 0.1) is 0 Å². The standard InChI is InChI=1S/C24H22N2O5S/c1-14-20(23(28)31-4)21(16-10-11-17(29-2)18(13-16)30-3)26-22(27)19(32-24(26)25-14)12-15-8-6-5-7-9-15/h5-13,21H,1-4H3/b19-12+/t21-/m1/s1. The summed E-state index contributed by atoms with van der Waals surface area (Å²) in [5, 5.41) is 0.